The predicted octanol–water partition coefficient (Wildman–Crippen LogP) is 0.312. The summed E-state index contributed by atoms with van der Waals surface area (Å²) in [5, 5.41) is 10.6. The van der Waals surface area contributed by atoms with Crippen LogP contribution in [0.25, 0.3) is 0 Å². The molecule has 0 saturated carbocycles. The molecule has 2 heterocycles. The van der Waals surface area contributed by atoms with Crippen molar-refractivity contribution in [1.29, 1.82) is 0 Å². The molecule has 1 unspecified atom stereocenters. The van der Waals surface area contributed by atoms with Crippen molar-refractivity contribution in [2.45, 2.75) is 19.4 Å². The lowest BCUT2D eigenvalue weighted by Crippen LogP contribution is -2.25. The van der Waals surface area contributed by atoms with Crippen LogP contribution in [-0.4, -0.2) is 21.0 Å². The number of fused-ring (bicyclic) bond motifs is 1. The molecule has 0 aromatic carbocycles. The molecule has 76 valence electrons. The average molecular weight is 196 g/mol. The van der Waals surface area contributed by atoms with Crippen molar-refractivity contribution in [3.05, 3.63) is 22.1 Å². The van der Waals surface area contributed by atoms with E-state index in [9.17, 15) is 10.1 Å². The quantitative estimate of drug-likeness (QED) is 0.544. The normalized spacial score (nSPS) is 20.5. The molecule has 1 aliphatic rings. The van der Waals surface area contributed by atoms with Crippen molar-refractivity contribution in [1.82, 2.24) is 9.55 Å². The zero-order valence-corrected chi connectivity index (χ0v) is 7.72. The number of rotatable bonds is 2. The molecule has 0 radical (unpaired) electrons. The molecule has 6 heteroatoms. The van der Waals surface area contributed by atoms with Crippen LogP contribution in [0.4, 0.5) is 5.82 Å². The lowest BCUT2D eigenvalue weighted by molar-refractivity contribution is -0.390. The summed E-state index contributed by atoms with van der Waals surface area (Å²) in [7, 11) is 0. The fourth-order valence-electron chi connectivity index (χ4n) is 1.86. The Labute approximate surface area is 80.9 Å². The van der Waals surface area contributed by atoms with Crippen LogP contribution in [0.2, 0.25) is 0 Å². The topological polar surface area (TPSA) is 87.0 Å². The van der Waals surface area contributed by atoms with Crippen LogP contribution in [0.3, 0.4) is 0 Å². The Bertz CT molecular complexity index is 360. The maximum Gasteiger partial charge on any atom is 0.384 e. The summed E-state index contributed by atoms with van der Waals surface area (Å²) in [6.07, 6.45) is 3.16. The molecule has 1 aromatic heterocycles. The summed E-state index contributed by atoms with van der Waals surface area (Å²) in [5.74, 6) is 0.428. The van der Waals surface area contributed by atoms with Gasteiger partial charge in [0.2, 0.25) is 6.33 Å². The molecule has 0 fully saturated rings. The molecular formula is C8H12N4O2. The molecule has 0 saturated heterocycles. The number of imidazole rings is 1. The highest BCUT2D eigenvalue weighted by Crippen LogP contribution is 2.25. The van der Waals surface area contributed by atoms with Gasteiger partial charge < -0.3 is 20.4 Å². The fourth-order valence-corrected chi connectivity index (χ4v) is 1.86. The number of aromatic nitrogens is 2. The predicted molar refractivity (Wildman–Crippen MR) is 49.7 cm³/mol. The Morgan fingerprint density at radius 2 is 2.57 bits per heavy atom. The van der Waals surface area contributed by atoms with Gasteiger partial charge >= 0.3 is 5.82 Å². The van der Waals surface area contributed by atoms with Gasteiger partial charge in [-0.25, -0.2) is 0 Å². The van der Waals surface area contributed by atoms with Crippen LogP contribution in [0.15, 0.2) is 6.33 Å². The van der Waals surface area contributed by atoms with Crippen LogP contribution >= 0.6 is 0 Å². The standard InChI is InChI=1S/C8H12N4O2/c9-3-6-1-2-7-8(12(13)14)10-5-11(7)4-6/h5-6H,1-4,9H2. The number of nitrogens with zero attached hydrogens (tertiary/aromatic N) is 3. The molecule has 1 atom stereocenters. The van der Waals surface area contributed by atoms with Crippen LogP contribution in [0.5, 0.6) is 0 Å². The van der Waals surface area contributed by atoms with Gasteiger partial charge in [-0.15, -0.1) is 0 Å². The molecule has 0 amide bonds. The lowest BCUT2D eigenvalue weighted by atomic mass is 9.98. The first-order valence-electron chi connectivity index (χ1n) is 4.61. The Balaban J connectivity index is 2.29. The molecule has 1 aromatic rings. The maximum absolute atomic E-state index is 10.6. The first kappa shape index (κ1) is 9.14. The maximum atomic E-state index is 10.6. The highest BCUT2D eigenvalue weighted by atomic mass is 16.6. The van der Waals surface area contributed by atoms with Gasteiger partial charge in [-0.2, -0.15) is 0 Å². The molecule has 2 rings (SSSR count). The van der Waals surface area contributed by atoms with Gasteiger partial charge in [0.1, 0.15) is 5.69 Å². The van der Waals surface area contributed by atoms with Gasteiger partial charge in [-0.1, -0.05) is 0 Å². The van der Waals surface area contributed by atoms with E-state index in [1.54, 1.807) is 0 Å². The highest BCUT2D eigenvalue weighted by Gasteiger charge is 2.26. The van der Waals surface area contributed by atoms with E-state index in [0.717, 1.165) is 18.7 Å². The number of hydrogen-bond donors (Lipinski definition) is 1. The third-order valence-electron chi connectivity index (χ3n) is 2.67. The molecule has 1 aliphatic heterocycles. The van der Waals surface area contributed by atoms with Crippen LogP contribution in [-0.2, 0) is 13.0 Å². The van der Waals surface area contributed by atoms with E-state index >= 15 is 0 Å². The van der Waals surface area contributed by atoms with E-state index in [4.69, 9.17) is 5.73 Å². The second kappa shape index (κ2) is 3.38. The molecule has 6 nitrogen and oxygen atoms in total. The highest BCUT2D eigenvalue weighted by molar-refractivity contribution is 5.28. The molecule has 2 N–H and O–H groups in total. The average Bonchev–Trinajstić information content (AvgIpc) is 2.59. The van der Waals surface area contributed by atoms with E-state index in [1.165, 1.54) is 6.33 Å². The van der Waals surface area contributed by atoms with E-state index in [1.807, 2.05) is 4.57 Å². The summed E-state index contributed by atoms with van der Waals surface area (Å²) in [4.78, 5) is 14.0. The third kappa shape index (κ3) is 1.37. The monoisotopic (exact) mass is 196 g/mol. The third-order valence-corrected chi connectivity index (χ3v) is 2.67. The van der Waals surface area contributed by atoms with E-state index in [0.29, 0.717) is 18.9 Å². The lowest BCUT2D eigenvalue weighted by Gasteiger charge is -2.21. The van der Waals surface area contributed by atoms with Crippen LogP contribution < -0.4 is 5.73 Å². The largest absolute Gasteiger partial charge is 0.384 e. The van der Waals surface area contributed by atoms with E-state index < -0.39 is 4.92 Å². The zero-order valence-electron chi connectivity index (χ0n) is 7.72. The molecule has 14 heavy (non-hydrogen) atoms. The zero-order chi connectivity index (χ0) is 10.1. The van der Waals surface area contributed by atoms with Crippen molar-refractivity contribution in [3.8, 4) is 0 Å². The Morgan fingerprint density at radius 1 is 1.79 bits per heavy atom. The van der Waals surface area contributed by atoms with Crippen molar-refractivity contribution in [2.75, 3.05) is 6.54 Å². The smallest absolute Gasteiger partial charge is 0.358 e. The summed E-state index contributed by atoms with van der Waals surface area (Å²) in [5.41, 5.74) is 6.30. The van der Waals surface area contributed by atoms with Crippen molar-refractivity contribution >= 4 is 5.82 Å². The second-order valence-corrected chi connectivity index (χ2v) is 3.56. The Hall–Kier alpha value is -1.43. The van der Waals surface area contributed by atoms with Crippen molar-refractivity contribution < 1.29 is 4.92 Å². The number of nitro groups is 1. The minimum absolute atomic E-state index is 0.000437. The minimum atomic E-state index is -0.422. The second-order valence-electron chi connectivity index (χ2n) is 3.56. The van der Waals surface area contributed by atoms with Gasteiger partial charge in [-0.05, 0) is 35.2 Å². The van der Waals surface area contributed by atoms with Gasteiger partial charge in [0, 0.05) is 6.54 Å². The van der Waals surface area contributed by atoms with Crippen molar-refractivity contribution in [3.63, 3.8) is 0 Å². The molecule has 0 spiro atoms. The molecule has 0 bridgehead atoms. The number of nitrogens with two attached hydrogens (primary N) is 1. The van der Waals surface area contributed by atoms with Crippen molar-refractivity contribution in [2.24, 2.45) is 11.7 Å². The fraction of sp³-hybridized carbons (Fsp3) is 0.625. The van der Waals surface area contributed by atoms with Crippen LogP contribution in [0.1, 0.15) is 12.1 Å². The van der Waals surface area contributed by atoms with Gasteiger partial charge in [0.15, 0.2) is 0 Å². The summed E-state index contributed by atoms with van der Waals surface area (Å²) >= 11 is 0. The summed E-state index contributed by atoms with van der Waals surface area (Å²) < 4.78 is 1.85. The summed E-state index contributed by atoms with van der Waals surface area (Å²) in [6, 6.07) is 0. The van der Waals surface area contributed by atoms with Gasteiger partial charge in [-0.3, -0.25) is 0 Å². The van der Waals surface area contributed by atoms with Gasteiger partial charge in [0.05, 0.1) is 0 Å². The molecule has 0 aliphatic carbocycles. The van der Waals surface area contributed by atoms with E-state index in [-0.39, 0.29) is 5.82 Å². The van der Waals surface area contributed by atoms with Gasteiger partial charge in [0.25, 0.3) is 0 Å². The van der Waals surface area contributed by atoms with E-state index in [2.05, 4.69) is 4.98 Å². The Kier molecular flexibility index (Phi) is 2.20. The Morgan fingerprint density at radius 3 is 3.21 bits per heavy atom. The van der Waals surface area contributed by atoms with Crippen LogP contribution in [0, 0.1) is 16.0 Å². The number of hydrogen-bond acceptors (Lipinski definition) is 4. The first-order valence-corrected chi connectivity index (χ1v) is 4.61. The first-order chi connectivity index (χ1) is 6.72. The summed E-state index contributed by atoms with van der Waals surface area (Å²) in [6.45, 7) is 1.39. The SMILES string of the molecule is NCC1CCc2c([N+](=O)[O-])ncn2C1. The minimum Gasteiger partial charge on any atom is -0.358 e. The molecular weight excluding hydrogens is 184 g/mol.